The largest absolute Gasteiger partial charge is 0.339 e. The molecule has 1 aliphatic rings. The minimum Gasteiger partial charge on any atom is -0.339 e. The summed E-state index contributed by atoms with van der Waals surface area (Å²) in [5, 5.41) is 2.64. The normalized spacial score (nSPS) is 19.2. The maximum Gasteiger partial charge on any atom is 0.117 e. The smallest absolute Gasteiger partial charge is 0.117 e. The van der Waals surface area contributed by atoms with Crippen LogP contribution >= 0.6 is 15.9 Å². The second-order valence-electron chi connectivity index (χ2n) is 8.50. The molecule has 6 rings (SSSR count). The lowest BCUT2D eigenvalue weighted by atomic mass is 9.81. The van der Waals surface area contributed by atoms with E-state index in [-0.39, 0.29) is 5.41 Å². The summed E-state index contributed by atoms with van der Waals surface area (Å²) in [6, 6.07) is 23.9. The average molecular weight is 444 g/mol. The van der Waals surface area contributed by atoms with Crippen LogP contribution in [0.2, 0.25) is 0 Å². The molecule has 1 aliphatic heterocycles. The van der Waals surface area contributed by atoms with E-state index in [1.807, 2.05) is 0 Å². The summed E-state index contributed by atoms with van der Waals surface area (Å²) < 4.78 is 6.07. The molecule has 29 heavy (non-hydrogen) atoms. The van der Waals surface area contributed by atoms with Gasteiger partial charge >= 0.3 is 0 Å². The summed E-state index contributed by atoms with van der Waals surface area (Å²) in [5.74, 6) is 1.23. The first-order chi connectivity index (χ1) is 14.1. The molecule has 0 spiro atoms. The highest BCUT2D eigenvalue weighted by atomic mass is 79.9. The Hall–Kier alpha value is -2.59. The second-order valence-corrected chi connectivity index (χ2v) is 9.42. The summed E-state index contributed by atoms with van der Waals surface area (Å²) in [6.07, 6.45) is 2.34. The zero-order chi connectivity index (χ0) is 19.6. The highest BCUT2D eigenvalue weighted by Crippen LogP contribution is 2.40. The van der Waals surface area contributed by atoms with Crippen LogP contribution in [0.4, 0.5) is 0 Å². The molecule has 0 saturated heterocycles. The van der Waals surface area contributed by atoms with Crippen LogP contribution in [0.3, 0.4) is 0 Å². The van der Waals surface area contributed by atoms with E-state index in [1.54, 1.807) is 0 Å². The van der Waals surface area contributed by atoms with Crippen molar-refractivity contribution in [1.29, 1.82) is 0 Å². The number of imidazole rings is 1. The number of halogens is 1. The molecule has 0 bridgehead atoms. The predicted molar refractivity (Wildman–Crippen MR) is 123 cm³/mol. The van der Waals surface area contributed by atoms with Crippen molar-refractivity contribution < 1.29 is 0 Å². The standard InChI is InChI=1S/C25H22BrN3/c1-25(13-6-14-28-22-10-5-3-8-20(22)27-24(25)28)16-29-21-9-4-2-7-18(21)19-12-11-17(26)15-23(19)29/h2-5,7-12,15H,6,13-14,16H2,1H3/t25-/m0/s1. The summed E-state index contributed by atoms with van der Waals surface area (Å²) >= 11 is 3.68. The van der Waals surface area contributed by atoms with Crippen LogP contribution in [0.1, 0.15) is 25.6 Å². The molecule has 3 nitrogen and oxygen atoms in total. The monoisotopic (exact) mass is 443 g/mol. The van der Waals surface area contributed by atoms with Gasteiger partial charge in [0.15, 0.2) is 0 Å². The van der Waals surface area contributed by atoms with Gasteiger partial charge in [-0.3, -0.25) is 0 Å². The highest BCUT2D eigenvalue weighted by Gasteiger charge is 2.36. The average Bonchev–Trinajstić information content (AvgIpc) is 3.26. The number of hydrogen-bond donors (Lipinski definition) is 0. The molecule has 3 heterocycles. The summed E-state index contributed by atoms with van der Waals surface area (Å²) in [6.45, 7) is 4.38. The lowest BCUT2D eigenvalue weighted by molar-refractivity contribution is 0.295. The van der Waals surface area contributed by atoms with E-state index in [4.69, 9.17) is 4.98 Å². The van der Waals surface area contributed by atoms with Crippen LogP contribution < -0.4 is 0 Å². The Kier molecular flexibility index (Phi) is 3.70. The fraction of sp³-hybridized carbons (Fsp3) is 0.240. The maximum absolute atomic E-state index is 5.11. The minimum atomic E-state index is -0.00565. The number of aryl methyl sites for hydroxylation is 1. The molecule has 4 heteroatoms. The Bertz CT molecular complexity index is 1390. The van der Waals surface area contributed by atoms with Gasteiger partial charge < -0.3 is 9.13 Å². The van der Waals surface area contributed by atoms with Gasteiger partial charge in [0.05, 0.1) is 16.6 Å². The summed E-state index contributed by atoms with van der Waals surface area (Å²) in [5.41, 5.74) is 4.96. The van der Waals surface area contributed by atoms with E-state index in [9.17, 15) is 0 Å². The molecule has 0 radical (unpaired) electrons. The summed E-state index contributed by atoms with van der Waals surface area (Å²) in [4.78, 5) is 5.11. The van der Waals surface area contributed by atoms with E-state index >= 15 is 0 Å². The Morgan fingerprint density at radius 3 is 2.59 bits per heavy atom. The van der Waals surface area contributed by atoms with Crippen molar-refractivity contribution in [2.24, 2.45) is 0 Å². The van der Waals surface area contributed by atoms with Crippen molar-refractivity contribution in [3.63, 3.8) is 0 Å². The van der Waals surface area contributed by atoms with Crippen molar-refractivity contribution in [3.8, 4) is 0 Å². The van der Waals surface area contributed by atoms with E-state index in [0.717, 1.165) is 29.5 Å². The number of benzene rings is 3. The number of rotatable bonds is 2. The fourth-order valence-electron chi connectivity index (χ4n) is 5.19. The van der Waals surface area contributed by atoms with Gasteiger partial charge in [-0.2, -0.15) is 0 Å². The minimum absolute atomic E-state index is 0.00565. The number of nitrogens with zero attached hydrogens (tertiary/aromatic N) is 3. The Labute approximate surface area is 178 Å². The Morgan fingerprint density at radius 1 is 0.931 bits per heavy atom. The highest BCUT2D eigenvalue weighted by molar-refractivity contribution is 9.10. The third kappa shape index (κ3) is 2.52. The van der Waals surface area contributed by atoms with Gasteiger partial charge in [-0.05, 0) is 43.2 Å². The lowest BCUT2D eigenvalue weighted by Gasteiger charge is -2.35. The lowest BCUT2D eigenvalue weighted by Crippen LogP contribution is -2.35. The molecular formula is C25H22BrN3. The number of fused-ring (bicyclic) bond motifs is 6. The molecule has 0 aliphatic carbocycles. The molecule has 3 aromatic carbocycles. The number of para-hydroxylation sites is 3. The van der Waals surface area contributed by atoms with Gasteiger partial charge in [-0.1, -0.05) is 59.3 Å². The van der Waals surface area contributed by atoms with Crippen LogP contribution in [0.15, 0.2) is 71.2 Å². The van der Waals surface area contributed by atoms with Gasteiger partial charge in [0.2, 0.25) is 0 Å². The van der Waals surface area contributed by atoms with Crippen LogP contribution in [-0.4, -0.2) is 14.1 Å². The third-order valence-corrected chi connectivity index (χ3v) is 7.04. The van der Waals surface area contributed by atoms with Crippen molar-refractivity contribution in [2.45, 2.75) is 38.3 Å². The molecule has 0 saturated carbocycles. The first kappa shape index (κ1) is 17.3. The number of aromatic nitrogens is 3. The zero-order valence-electron chi connectivity index (χ0n) is 16.4. The molecule has 144 valence electrons. The third-order valence-electron chi connectivity index (χ3n) is 6.55. The molecule has 0 fully saturated rings. The SMILES string of the molecule is C[C@@]1(Cn2c3ccccc3c3ccc(Br)cc32)CCCn2c1nc1ccccc12. The van der Waals surface area contributed by atoms with Gasteiger partial charge in [-0.15, -0.1) is 0 Å². The van der Waals surface area contributed by atoms with Gasteiger partial charge in [0.25, 0.3) is 0 Å². The first-order valence-corrected chi connectivity index (χ1v) is 11.1. The molecule has 2 aromatic heterocycles. The van der Waals surface area contributed by atoms with E-state index < -0.39 is 0 Å². The van der Waals surface area contributed by atoms with E-state index in [0.29, 0.717) is 0 Å². The van der Waals surface area contributed by atoms with Crippen molar-refractivity contribution in [2.75, 3.05) is 0 Å². The van der Waals surface area contributed by atoms with Gasteiger partial charge in [-0.25, -0.2) is 4.98 Å². The predicted octanol–water partition coefficient (Wildman–Crippen LogP) is 6.66. The maximum atomic E-state index is 5.11. The topological polar surface area (TPSA) is 22.8 Å². The van der Waals surface area contributed by atoms with E-state index in [2.05, 4.69) is 98.7 Å². The molecule has 0 N–H and O–H groups in total. The van der Waals surface area contributed by atoms with Crippen LogP contribution in [-0.2, 0) is 18.5 Å². The van der Waals surface area contributed by atoms with Crippen molar-refractivity contribution in [1.82, 2.24) is 14.1 Å². The van der Waals surface area contributed by atoms with Crippen LogP contribution in [0.5, 0.6) is 0 Å². The second kappa shape index (κ2) is 6.20. The quantitative estimate of drug-likeness (QED) is 0.299. The molecule has 0 amide bonds. The van der Waals surface area contributed by atoms with Gasteiger partial charge in [0.1, 0.15) is 5.82 Å². The molecule has 1 atom stereocenters. The molecule has 0 unspecified atom stereocenters. The van der Waals surface area contributed by atoms with Crippen molar-refractivity contribution in [3.05, 3.63) is 77.0 Å². The zero-order valence-corrected chi connectivity index (χ0v) is 18.0. The van der Waals surface area contributed by atoms with E-state index in [1.165, 1.54) is 39.6 Å². The van der Waals surface area contributed by atoms with Gasteiger partial charge in [0, 0.05) is 39.3 Å². The number of hydrogen-bond acceptors (Lipinski definition) is 1. The Balaban J connectivity index is 1.58. The van der Waals surface area contributed by atoms with Crippen LogP contribution in [0, 0.1) is 0 Å². The van der Waals surface area contributed by atoms with Crippen molar-refractivity contribution >= 4 is 48.8 Å². The molecule has 5 aromatic rings. The summed E-state index contributed by atoms with van der Waals surface area (Å²) in [7, 11) is 0. The molecular weight excluding hydrogens is 422 g/mol. The van der Waals surface area contributed by atoms with Crippen LogP contribution in [0.25, 0.3) is 32.8 Å². The first-order valence-electron chi connectivity index (χ1n) is 10.3. The Morgan fingerprint density at radius 2 is 1.69 bits per heavy atom. The fourth-order valence-corrected chi connectivity index (χ4v) is 5.54.